The third kappa shape index (κ3) is 4.61. The summed E-state index contributed by atoms with van der Waals surface area (Å²) in [5.41, 5.74) is 1.24. The average Bonchev–Trinajstić information content (AvgIpc) is 2.49. The zero-order valence-electron chi connectivity index (χ0n) is 13.3. The third-order valence-corrected chi connectivity index (χ3v) is 3.96. The highest BCUT2D eigenvalue weighted by Gasteiger charge is 2.19. The van der Waals surface area contributed by atoms with Crippen LogP contribution in [0, 0.1) is 5.92 Å². The van der Waals surface area contributed by atoms with Crippen molar-refractivity contribution in [3.8, 4) is 11.5 Å². The Morgan fingerprint density at radius 1 is 1.24 bits per heavy atom. The molecule has 2 rings (SSSR count). The van der Waals surface area contributed by atoms with E-state index in [1.165, 1.54) is 5.56 Å². The van der Waals surface area contributed by atoms with Crippen LogP contribution >= 0.6 is 0 Å². The van der Waals surface area contributed by atoms with Gasteiger partial charge in [0.1, 0.15) is 0 Å². The number of benzene rings is 1. The van der Waals surface area contributed by atoms with Crippen LogP contribution in [0.2, 0.25) is 0 Å². The SMILES string of the molecule is COc1cc(CN2CCC(CO)CC2)ccc1OC(C)C. The van der Waals surface area contributed by atoms with Gasteiger partial charge in [0.15, 0.2) is 11.5 Å². The zero-order valence-corrected chi connectivity index (χ0v) is 13.3. The number of hydrogen-bond donors (Lipinski definition) is 1. The van der Waals surface area contributed by atoms with E-state index in [0.717, 1.165) is 44.0 Å². The van der Waals surface area contributed by atoms with E-state index < -0.39 is 0 Å². The summed E-state index contributed by atoms with van der Waals surface area (Å²) in [6, 6.07) is 6.17. The molecule has 1 aliphatic rings. The van der Waals surface area contributed by atoms with E-state index in [0.29, 0.717) is 12.5 Å². The lowest BCUT2D eigenvalue weighted by Gasteiger charge is -2.31. The van der Waals surface area contributed by atoms with E-state index in [4.69, 9.17) is 9.47 Å². The van der Waals surface area contributed by atoms with E-state index in [9.17, 15) is 5.11 Å². The summed E-state index contributed by atoms with van der Waals surface area (Å²) in [4.78, 5) is 2.43. The van der Waals surface area contributed by atoms with Gasteiger partial charge in [0, 0.05) is 13.2 Å². The number of aliphatic hydroxyl groups is 1. The van der Waals surface area contributed by atoms with E-state index >= 15 is 0 Å². The van der Waals surface area contributed by atoms with Crippen LogP contribution in [0.15, 0.2) is 18.2 Å². The molecule has 1 heterocycles. The van der Waals surface area contributed by atoms with E-state index in [1.54, 1.807) is 7.11 Å². The standard InChI is InChI=1S/C17H27NO3/c1-13(2)21-16-5-4-15(10-17(16)20-3)11-18-8-6-14(12-19)7-9-18/h4-5,10,13-14,19H,6-9,11-12H2,1-3H3. The molecule has 0 radical (unpaired) electrons. The first-order valence-corrected chi connectivity index (χ1v) is 7.79. The van der Waals surface area contributed by atoms with Gasteiger partial charge in [0.05, 0.1) is 13.2 Å². The Hall–Kier alpha value is -1.26. The van der Waals surface area contributed by atoms with Crippen LogP contribution in [0.5, 0.6) is 11.5 Å². The highest BCUT2D eigenvalue weighted by Crippen LogP contribution is 2.30. The van der Waals surface area contributed by atoms with E-state index in [-0.39, 0.29) is 6.10 Å². The molecule has 0 aromatic heterocycles. The number of rotatable bonds is 6. The van der Waals surface area contributed by atoms with Gasteiger partial charge in [-0.15, -0.1) is 0 Å². The molecule has 1 saturated heterocycles. The molecule has 0 saturated carbocycles. The molecule has 4 nitrogen and oxygen atoms in total. The van der Waals surface area contributed by atoms with Crippen molar-refractivity contribution in [3.63, 3.8) is 0 Å². The van der Waals surface area contributed by atoms with Crippen molar-refractivity contribution in [1.82, 2.24) is 4.90 Å². The summed E-state index contributed by atoms with van der Waals surface area (Å²) >= 11 is 0. The molecule has 21 heavy (non-hydrogen) atoms. The maximum atomic E-state index is 9.19. The Kier molecular flexibility index (Phi) is 5.88. The van der Waals surface area contributed by atoms with Crippen molar-refractivity contribution in [2.24, 2.45) is 5.92 Å². The first-order chi connectivity index (χ1) is 10.1. The first-order valence-electron chi connectivity index (χ1n) is 7.79. The second-order valence-corrected chi connectivity index (χ2v) is 6.05. The van der Waals surface area contributed by atoms with Crippen LogP contribution in [0.25, 0.3) is 0 Å². The predicted molar refractivity (Wildman–Crippen MR) is 83.8 cm³/mol. The minimum absolute atomic E-state index is 0.141. The summed E-state index contributed by atoms with van der Waals surface area (Å²) < 4.78 is 11.2. The number of hydrogen-bond acceptors (Lipinski definition) is 4. The minimum Gasteiger partial charge on any atom is -0.493 e. The van der Waals surface area contributed by atoms with Crippen LogP contribution in [-0.2, 0) is 6.54 Å². The normalized spacial score (nSPS) is 17.2. The van der Waals surface area contributed by atoms with Crippen molar-refractivity contribution in [1.29, 1.82) is 0 Å². The Balaban J connectivity index is 1.97. The van der Waals surface area contributed by atoms with Crippen molar-refractivity contribution >= 4 is 0 Å². The molecule has 1 aromatic carbocycles. The Morgan fingerprint density at radius 3 is 2.52 bits per heavy atom. The zero-order chi connectivity index (χ0) is 15.2. The lowest BCUT2D eigenvalue weighted by Crippen LogP contribution is -2.34. The number of likely N-dealkylation sites (tertiary alicyclic amines) is 1. The number of aliphatic hydroxyl groups excluding tert-OH is 1. The van der Waals surface area contributed by atoms with Crippen LogP contribution < -0.4 is 9.47 Å². The molecule has 1 aromatic rings. The van der Waals surface area contributed by atoms with Crippen molar-refractivity contribution in [3.05, 3.63) is 23.8 Å². The summed E-state index contributed by atoms with van der Waals surface area (Å²) in [6.45, 7) is 7.38. The van der Waals surface area contributed by atoms with Gasteiger partial charge in [0.25, 0.3) is 0 Å². The summed E-state index contributed by atoms with van der Waals surface area (Å²) in [5.74, 6) is 2.08. The Labute approximate surface area is 127 Å². The molecular weight excluding hydrogens is 266 g/mol. The lowest BCUT2D eigenvalue weighted by atomic mass is 9.97. The molecule has 0 amide bonds. The fourth-order valence-corrected chi connectivity index (χ4v) is 2.75. The molecule has 1 N–H and O–H groups in total. The van der Waals surface area contributed by atoms with Gasteiger partial charge < -0.3 is 14.6 Å². The van der Waals surface area contributed by atoms with Gasteiger partial charge in [-0.05, 0) is 63.4 Å². The highest BCUT2D eigenvalue weighted by molar-refractivity contribution is 5.43. The van der Waals surface area contributed by atoms with E-state index in [1.807, 2.05) is 19.9 Å². The van der Waals surface area contributed by atoms with Crippen LogP contribution in [-0.4, -0.2) is 42.9 Å². The molecular formula is C17H27NO3. The van der Waals surface area contributed by atoms with Gasteiger partial charge in [-0.25, -0.2) is 0 Å². The predicted octanol–water partition coefficient (Wildman–Crippen LogP) is 2.69. The fraction of sp³-hybridized carbons (Fsp3) is 0.647. The van der Waals surface area contributed by atoms with Crippen molar-refractivity contribution in [2.75, 3.05) is 26.8 Å². The summed E-state index contributed by atoms with van der Waals surface area (Å²) in [7, 11) is 1.68. The fourth-order valence-electron chi connectivity index (χ4n) is 2.75. The van der Waals surface area contributed by atoms with Crippen LogP contribution in [0.4, 0.5) is 0 Å². The number of piperidine rings is 1. The highest BCUT2D eigenvalue weighted by atomic mass is 16.5. The monoisotopic (exact) mass is 293 g/mol. The Morgan fingerprint density at radius 2 is 1.95 bits per heavy atom. The molecule has 0 unspecified atom stereocenters. The number of ether oxygens (including phenoxy) is 2. The van der Waals surface area contributed by atoms with Gasteiger partial charge >= 0.3 is 0 Å². The molecule has 0 aliphatic carbocycles. The van der Waals surface area contributed by atoms with Crippen molar-refractivity contribution in [2.45, 2.75) is 39.3 Å². The topological polar surface area (TPSA) is 41.9 Å². The van der Waals surface area contributed by atoms with Gasteiger partial charge in [-0.1, -0.05) is 6.07 Å². The summed E-state index contributed by atoms with van der Waals surface area (Å²) in [6.07, 6.45) is 2.31. The average molecular weight is 293 g/mol. The lowest BCUT2D eigenvalue weighted by molar-refractivity contribution is 0.127. The molecule has 118 valence electrons. The van der Waals surface area contributed by atoms with Crippen LogP contribution in [0.3, 0.4) is 0 Å². The first kappa shape index (κ1) is 16.1. The number of methoxy groups -OCH3 is 1. The van der Waals surface area contributed by atoms with Gasteiger partial charge in [-0.3, -0.25) is 4.90 Å². The van der Waals surface area contributed by atoms with Gasteiger partial charge in [-0.2, -0.15) is 0 Å². The summed E-state index contributed by atoms with van der Waals surface area (Å²) in [5, 5.41) is 9.19. The largest absolute Gasteiger partial charge is 0.493 e. The Bertz CT molecular complexity index is 440. The molecule has 0 atom stereocenters. The second-order valence-electron chi connectivity index (χ2n) is 6.05. The van der Waals surface area contributed by atoms with Gasteiger partial charge in [0.2, 0.25) is 0 Å². The van der Waals surface area contributed by atoms with Crippen LogP contribution in [0.1, 0.15) is 32.3 Å². The molecule has 1 fully saturated rings. The molecule has 4 heteroatoms. The quantitative estimate of drug-likeness (QED) is 0.875. The smallest absolute Gasteiger partial charge is 0.161 e. The maximum absolute atomic E-state index is 9.19. The second kappa shape index (κ2) is 7.66. The van der Waals surface area contributed by atoms with Crippen molar-refractivity contribution < 1.29 is 14.6 Å². The molecule has 0 spiro atoms. The molecule has 1 aliphatic heterocycles. The number of nitrogens with zero attached hydrogens (tertiary/aromatic N) is 1. The molecule has 0 bridgehead atoms. The third-order valence-electron chi connectivity index (χ3n) is 3.96. The minimum atomic E-state index is 0.141. The van der Waals surface area contributed by atoms with E-state index in [2.05, 4.69) is 17.0 Å². The maximum Gasteiger partial charge on any atom is 0.161 e.